The maximum atomic E-state index is 12.5. The lowest BCUT2D eigenvalue weighted by Crippen LogP contribution is -2.34. The van der Waals surface area contributed by atoms with Crippen LogP contribution in [0.4, 0.5) is 0 Å². The van der Waals surface area contributed by atoms with E-state index in [1.807, 2.05) is 17.0 Å². The molecule has 1 saturated heterocycles. The highest BCUT2D eigenvalue weighted by atomic mass is 16.3. The molecule has 23 heavy (non-hydrogen) atoms. The Labute approximate surface area is 136 Å². The van der Waals surface area contributed by atoms with E-state index in [-0.39, 0.29) is 23.2 Å². The molecule has 5 heteroatoms. The highest BCUT2D eigenvalue weighted by Gasteiger charge is 2.61. The van der Waals surface area contributed by atoms with Crippen LogP contribution in [0.1, 0.15) is 44.3 Å². The van der Waals surface area contributed by atoms with E-state index in [0.717, 1.165) is 44.5 Å². The zero-order valence-corrected chi connectivity index (χ0v) is 13.4. The predicted octanol–water partition coefficient (Wildman–Crippen LogP) is 2.32. The van der Waals surface area contributed by atoms with Crippen LogP contribution < -0.4 is 5.32 Å². The van der Waals surface area contributed by atoms with Crippen LogP contribution in [0.2, 0.25) is 0 Å². The Kier molecular flexibility index (Phi) is 3.66. The van der Waals surface area contributed by atoms with E-state index in [9.17, 15) is 9.59 Å². The smallest absolute Gasteiger partial charge is 0.225 e. The standard InChI is InChI=1S/C18H24N2O3/c21-16(19-11-14-6-3-9-23-14)15-10-18(15)7-8-20(12-18)17(22)13-4-1-2-5-13/h3,6,9,13,15H,1-2,4-5,7-8,10-12H2,(H,19,21). The van der Waals surface area contributed by atoms with Crippen molar-refractivity contribution in [2.45, 2.75) is 45.1 Å². The highest BCUT2D eigenvalue weighted by Crippen LogP contribution is 2.58. The molecule has 1 aromatic rings. The first-order valence-corrected chi connectivity index (χ1v) is 8.77. The molecule has 3 aliphatic rings. The van der Waals surface area contributed by atoms with Gasteiger partial charge in [-0.1, -0.05) is 12.8 Å². The number of carbonyl (C=O) groups is 2. The van der Waals surface area contributed by atoms with Crippen molar-refractivity contribution in [3.05, 3.63) is 24.2 Å². The Bertz CT molecular complexity index is 591. The number of nitrogens with zero attached hydrogens (tertiary/aromatic N) is 1. The van der Waals surface area contributed by atoms with Crippen LogP contribution in [-0.2, 0) is 16.1 Å². The number of carbonyl (C=O) groups excluding carboxylic acids is 2. The molecule has 3 fully saturated rings. The third-order valence-electron chi connectivity index (χ3n) is 5.92. The van der Waals surface area contributed by atoms with Crippen LogP contribution in [0.15, 0.2) is 22.8 Å². The Balaban J connectivity index is 1.29. The number of amides is 2. The Morgan fingerprint density at radius 2 is 2.17 bits per heavy atom. The van der Waals surface area contributed by atoms with Crippen LogP contribution >= 0.6 is 0 Å². The fraction of sp³-hybridized carbons (Fsp3) is 0.667. The molecule has 2 saturated carbocycles. The van der Waals surface area contributed by atoms with Gasteiger partial charge in [0, 0.05) is 30.3 Å². The van der Waals surface area contributed by atoms with Crippen molar-refractivity contribution in [3.63, 3.8) is 0 Å². The zero-order chi connectivity index (χ0) is 15.9. The lowest BCUT2D eigenvalue weighted by Gasteiger charge is -2.20. The average Bonchev–Trinajstić information content (AvgIpc) is 3.07. The molecular formula is C18H24N2O3. The normalized spacial score (nSPS) is 30.1. The average molecular weight is 316 g/mol. The fourth-order valence-electron chi connectivity index (χ4n) is 4.39. The van der Waals surface area contributed by atoms with Crippen molar-refractivity contribution in [1.29, 1.82) is 0 Å². The fourth-order valence-corrected chi connectivity index (χ4v) is 4.39. The van der Waals surface area contributed by atoms with Crippen molar-refractivity contribution in [3.8, 4) is 0 Å². The van der Waals surface area contributed by atoms with Gasteiger partial charge in [0.05, 0.1) is 12.8 Å². The molecule has 5 nitrogen and oxygen atoms in total. The van der Waals surface area contributed by atoms with Gasteiger partial charge in [0.15, 0.2) is 0 Å². The lowest BCUT2D eigenvalue weighted by atomic mass is 10.0. The van der Waals surface area contributed by atoms with Gasteiger partial charge in [0.25, 0.3) is 0 Å². The second kappa shape index (κ2) is 5.69. The molecule has 2 aliphatic carbocycles. The Hall–Kier alpha value is -1.78. The molecule has 124 valence electrons. The van der Waals surface area contributed by atoms with Gasteiger partial charge >= 0.3 is 0 Å². The SMILES string of the molecule is O=C(NCc1ccco1)C1CC12CCN(C(=O)C1CCCC1)C2. The third kappa shape index (κ3) is 2.77. The second-order valence-electron chi connectivity index (χ2n) is 7.41. The Morgan fingerprint density at radius 3 is 2.91 bits per heavy atom. The summed E-state index contributed by atoms with van der Waals surface area (Å²) in [6.07, 6.45) is 7.99. The topological polar surface area (TPSA) is 62.6 Å². The third-order valence-corrected chi connectivity index (χ3v) is 5.92. The molecule has 4 rings (SSSR count). The summed E-state index contributed by atoms with van der Waals surface area (Å²) in [5.74, 6) is 1.53. The van der Waals surface area contributed by atoms with E-state index in [4.69, 9.17) is 4.42 Å². The Morgan fingerprint density at radius 1 is 1.35 bits per heavy atom. The summed E-state index contributed by atoms with van der Waals surface area (Å²) in [6.45, 7) is 2.06. The van der Waals surface area contributed by atoms with Crippen LogP contribution in [0, 0.1) is 17.3 Å². The van der Waals surface area contributed by atoms with Gasteiger partial charge in [-0.15, -0.1) is 0 Å². The second-order valence-corrected chi connectivity index (χ2v) is 7.41. The van der Waals surface area contributed by atoms with E-state index >= 15 is 0 Å². The van der Waals surface area contributed by atoms with Crippen molar-refractivity contribution < 1.29 is 14.0 Å². The molecule has 1 N–H and O–H groups in total. The lowest BCUT2D eigenvalue weighted by molar-refractivity contribution is -0.134. The number of nitrogens with one attached hydrogen (secondary N) is 1. The van der Waals surface area contributed by atoms with E-state index in [0.29, 0.717) is 12.5 Å². The summed E-state index contributed by atoms with van der Waals surface area (Å²) in [4.78, 5) is 26.9. The molecule has 2 heterocycles. The summed E-state index contributed by atoms with van der Waals surface area (Å²) in [7, 11) is 0. The molecule has 0 radical (unpaired) electrons. The summed E-state index contributed by atoms with van der Waals surface area (Å²) < 4.78 is 5.24. The molecule has 0 aromatic carbocycles. The zero-order valence-electron chi connectivity index (χ0n) is 13.4. The van der Waals surface area contributed by atoms with Gasteiger partial charge in [0.2, 0.25) is 11.8 Å². The quantitative estimate of drug-likeness (QED) is 0.927. The van der Waals surface area contributed by atoms with Crippen LogP contribution in [0.5, 0.6) is 0 Å². The van der Waals surface area contributed by atoms with Crippen LogP contribution in [-0.4, -0.2) is 29.8 Å². The van der Waals surface area contributed by atoms with Crippen molar-refractivity contribution in [2.75, 3.05) is 13.1 Å². The minimum Gasteiger partial charge on any atom is -0.467 e. The van der Waals surface area contributed by atoms with Crippen molar-refractivity contribution in [1.82, 2.24) is 10.2 Å². The van der Waals surface area contributed by atoms with Crippen molar-refractivity contribution in [2.24, 2.45) is 17.3 Å². The molecule has 1 aromatic heterocycles. The number of likely N-dealkylation sites (tertiary alicyclic amines) is 1. The molecule has 2 atom stereocenters. The number of rotatable bonds is 4. The van der Waals surface area contributed by atoms with Gasteiger partial charge < -0.3 is 14.6 Å². The molecule has 2 amide bonds. The summed E-state index contributed by atoms with van der Waals surface area (Å²) >= 11 is 0. The van der Waals surface area contributed by atoms with Gasteiger partial charge in [-0.25, -0.2) is 0 Å². The molecule has 1 aliphatic heterocycles. The largest absolute Gasteiger partial charge is 0.467 e. The summed E-state index contributed by atoms with van der Waals surface area (Å²) in [6, 6.07) is 3.68. The van der Waals surface area contributed by atoms with Gasteiger partial charge in [0.1, 0.15) is 5.76 Å². The minimum absolute atomic E-state index is 0.0571. The first-order chi connectivity index (χ1) is 11.2. The first kappa shape index (κ1) is 14.8. The number of hydrogen-bond acceptors (Lipinski definition) is 3. The molecule has 2 unspecified atom stereocenters. The van der Waals surface area contributed by atoms with Gasteiger partial charge in [-0.2, -0.15) is 0 Å². The number of furan rings is 1. The van der Waals surface area contributed by atoms with E-state index in [1.165, 1.54) is 12.8 Å². The predicted molar refractivity (Wildman–Crippen MR) is 84.2 cm³/mol. The van der Waals surface area contributed by atoms with Crippen LogP contribution in [0.3, 0.4) is 0 Å². The number of hydrogen-bond donors (Lipinski definition) is 1. The summed E-state index contributed by atoms with van der Waals surface area (Å²) in [5, 5.41) is 2.96. The molecular weight excluding hydrogens is 292 g/mol. The van der Waals surface area contributed by atoms with E-state index in [1.54, 1.807) is 6.26 Å². The van der Waals surface area contributed by atoms with Crippen molar-refractivity contribution >= 4 is 11.8 Å². The highest BCUT2D eigenvalue weighted by molar-refractivity contribution is 5.84. The monoisotopic (exact) mass is 316 g/mol. The van der Waals surface area contributed by atoms with Gasteiger partial charge in [-0.05, 0) is 37.8 Å². The van der Waals surface area contributed by atoms with E-state index < -0.39 is 0 Å². The molecule has 1 spiro atoms. The van der Waals surface area contributed by atoms with Crippen LogP contribution in [0.25, 0.3) is 0 Å². The maximum absolute atomic E-state index is 12.5. The summed E-state index contributed by atoms with van der Waals surface area (Å²) in [5.41, 5.74) is 0.0571. The van der Waals surface area contributed by atoms with Gasteiger partial charge in [-0.3, -0.25) is 9.59 Å². The minimum atomic E-state index is 0.0571. The van der Waals surface area contributed by atoms with E-state index in [2.05, 4.69) is 5.32 Å². The maximum Gasteiger partial charge on any atom is 0.225 e. The molecule has 0 bridgehead atoms. The first-order valence-electron chi connectivity index (χ1n) is 8.77.